The zero-order valence-corrected chi connectivity index (χ0v) is 15.9. The number of carbonyl (C=O) groups excluding carboxylic acids is 1. The summed E-state index contributed by atoms with van der Waals surface area (Å²) in [7, 11) is 1.83. The number of amides is 1. The molecule has 27 heavy (non-hydrogen) atoms. The summed E-state index contributed by atoms with van der Waals surface area (Å²) < 4.78 is 7.76. The van der Waals surface area contributed by atoms with Crippen LogP contribution in [-0.4, -0.2) is 31.9 Å². The molecular formula is C20H21ClN4O2. The van der Waals surface area contributed by atoms with Crippen molar-refractivity contribution in [1.82, 2.24) is 19.4 Å². The molecule has 0 radical (unpaired) electrons. The van der Waals surface area contributed by atoms with Crippen LogP contribution in [0.5, 0.6) is 0 Å². The molecule has 1 amide bonds. The topological polar surface area (TPSA) is 64.2 Å². The Morgan fingerprint density at radius 1 is 1.33 bits per heavy atom. The van der Waals surface area contributed by atoms with Crippen molar-refractivity contribution in [2.24, 2.45) is 7.05 Å². The third-order valence-electron chi connectivity index (χ3n) is 4.90. The van der Waals surface area contributed by atoms with Gasteiger partial charge >= 0.3 is 0 Å². The first-order valence-electron chi connectivity index (χ1n) is 9.09. The number of hydrogen-bond donors (Lipinski definition) is 0. The fourth-order valence-electron chi connectivity index (χ4n) is 3.54. The van der Waals surface area contributed by atoms with Crippen LogP contribution in [0.3, 0.4) is 0 Å². The van der Waals surface area contributed by atoms with Crippen LogP contribution in [0.2, 0.25) is 5.02 Å². The molecule has 1 aromatic carbocycles. The maximum atomic E-state index is 13.0. The van der Waals surface area contributed by atoms with Crippen LogP contribution in [0.15, 0.2) is 47.3 Å². The summed E-state index contributed by atoms with van der Waals surface area (Å²) >= 11 is 6.06. The molecule has 0 saturated carbocycles. The minimum Gasteiger partial charge on any atom is -0.443 e. The first-order valence-corrected chi connectivity index (χ1v) is 9.47. The molecule has 140 valence electrons. The number of benzene rings is 1. The van der Waals surface area contributed by atoms with E-state index >= 15 is 0 Å². The summed E-state index contributed by atoms with van der Waals surface area (Å²) in [5, 5.41) is 0.700. The minimum atomic E-state index is -0.156. The Morgan fingerprint density at radius 2 is 2.22 bits per heavy atom. The predicted molar refractivity (Wildman–Crippen MR) is 102 cm³/mol. The zero-order chi connectivity index (χ0) is 18.8. The van der Waals surface area contributed by atoms with E-state index in [0.29, 0.717) is 29.7 Å². The third-order valence-corrected chi connectivity index (χ3v) is 5.14. The Hall–Kier alpha value is -2.60. The molecule has 2 aromatic heterocycles. The molecule has 0 aliphatic carbocycles. The lowest BCUT2D eigenvalue weighted by molar-refractivity contribution is 0.0554. The molecule has 0 spiro atoms. The second-order valence-corrected chi connectivity index (χ2v) is 7.28. The van der Waals surface area contributed by atoms with Gasteiger partial charge in [0.1, 0.15) is 11.8 Å². The van der Waals surface area contributed by atoms with Gasteiger partial charge in [-0.2, -0.15) is 0 Å². The second kappa shape index (κ2) is 7.56. The van der Waals surface area contributed by atoms with E-state index in [4.69, 9.17) is 16.0 Å². The Balaban J connectivity index is 1.55. The van der Waals surface area contributed by atoms with E-state index in [2.05, 4.69) is 9.97 Å². The van der Waals surface area contributed by atoms with E-state index in [1.54, 1.807) is 23.2 Å². The highest BCUT2D eigenvalue weighted by atomic mass is 35.5. The summed E-state index contributed by atoms with van der Waals surface area (Å²) in [6.45, 7) is 0.683. The highest BCUT2D eigenvalue weighted by Crippen LogP contribution is 2.32. The Kier molecular flexibility index (Phi) is 4.99. The number of halogens is 1. The molecule has 1 aliphatic heterocycles. The lowest BCUT2D eigenvalue weighted by Gasteiger charge is -2.33. The molecule has 1 saturated heterocycles. The van der Waals surface area contributed by atoms with Crippen molar-refractivity contribution in [2.75, 3.05) is 6.54 Å². The largest absolute Gasteiger partial charge is 0.443 e. The third kappa shape index (κ3) is 3.76. The SMILES string of the molecule is Cn1ccnc1C(=O)N1CCCC[C@H]1c1ncc(Cc2cccc(Cl)c2)o1. The first kappa shape index (κ1) is 17.8. The highest BCUT2D eigenvalue weighted by Gasteiger charge is 2.33. The van der Waals surface area contributed by atoms with Crippen molar-refractivity contribution in [3.05, 3.63) is 70.9 Å². The van der Waals surface area contributed by atoms with Crippen molar-refractivity contribution in [2.45, 2.75) is 31.7 Å². The van der Waals surface area contributed by atoms with Crippen LogP contribution in [0, 0.1) is 0 Å². The maximum absolute atomic E-state index is 13.0. The summed E-state index contributed by atoms with van der Waals surface area (Å²) in [6, 6.07) is 7.53. The number of carbonyl (C=O) groups is 1. The summed E-state index contributed by atoms with van der Waals surface area (Å²) in [4.78, 5) is 23.5. The van der Waals surface area contributed by atoms with E-state index in [0.717, 1.165) is 30.6 Å². The quantitative estimate of drug-likeness (QED) is 0.681. The van der Waals surface area contributed by atoms with Crippen LogP contribution in [0.4, 0.5) is 0 Å². The highest BCUT2D eigenvalue weighted by molar-refractivity contribution is 6.30. The molecule has 0 unspecified atom stereocenters. The average molecular weight is 385 g/mol. The second-order valence-electron chi connectivity index (χ2n) is 6.84. The van der Waals surface area contributed by atoms with Gasteiger partial charge in [-0.1, -0.05) is 23.7 Å². The normalized spacial score (nSPS) is 17.3. The van der Waals surface area contributed by atoms with E-state index in [-0.39, 0.29) is 11.9 Å². The van der Waals surface area contributed by atoms with E-state index in [1.807, 2.05) is 36.2 Å². The number of imidazole rings is 1. The molecule has 0 bridgehead atoms. The van der Waals surface area contributed by atoms with Crippen molar-refractivity contribution in [3.63, 3.8) is 0 Å². The van der Waals surface area contributed by atoms with Gasteiger partial charge in [0, 0.05) is 37.4 Å². The minimum absolute atomic E-state index is 0.0817. The molecule has 1 fully saturated rings. The summed E-state index contributed by atoms with van der Waals surface area (Å²) in [5.74, 6) is 1.71. The van der Waals surface area contributed by atoms with Gasteiger partial charge in [0.05, 0.1) is 6.20 Å². The fourth-order valence-corrected chi connectivity index (χ4v) is 3.75. The predicted octanol–water partition coefficient (Wildman–Crippen LogP) is 4.02. The van der Waals surface area contributed by atoms with Crippen LogP contribution in [-0.2, 0) is 13.5 Å². The molecule has 6 nitrogen and oxygen atoms in total. The monoisotopic (exact) mass is 384 g/mol. The van der Waals surface area contributed by atoms with E-state index in [1.165, 1.54) is 0 Å². The van der Waals surface area contributed by atoms with Gasteiger partial charge in [0.15, 0.2) is 5.82 Å². The first-order chi connectivity index (χ1) is 13.1. The van der Waals surface area contributed by atoms with Gasteiger partial charge in [-0.3, -0.25) is 4.79 Å². The number of aryl methyl sites for hydroxylation is 1. The molecule has 3 heterocycles. The molecule has 1 atom stereocenters. The van der Waals surface area contributed by atoms with Crippen molar-refractivity contribution < 1.29 is 9.21 Å². The molecule has 4 rings (SSSR count). The number of hydrogen-bond acceptors (Lipinski definition) is 4. The van der Waals surface area contributed by atoms with Crippen molar-refractivity contribution in [3.8, 4) is 0 Å². The molecule has 3 aromatic rings. The van der Waals surface area contributed by atoms with Gasteiger partial charge in [-0.15, -0.1) is 0 Å². The Labute approximate surface area is 162 Å². The number of nitrogens with zero attached hydrogens (tertiary/aromatic N) is 4. The van der Waals surface area contributed by atoms with Crippen molar-refractivity contribution in [1.29, 1.82) is 0 Å². The summed E-state index contributed by atoms with van der Waals surface area (Å²) in [6.07, 6.45) is 8.64. The number of piperidine rings is 1. The van der Waals surface area contributed by atoms with E-state index in [9.17, 15) is 4.79 Å². The van der Waals surface area contributed by atoms with Crippen LogP contribution < -0.4 is 0 Å². The maximum Gasteiger partial charge on any atom is 0.290 e. The lowest BCUT2D eigenvalue weighted by Crippen LogP contribution is -2.39. The fraction of sp³-hybridized carbons (Fsp3) is 0.350. The molecule has 0 N–H and O–H groups in total. The number of likely N-dealkylation sites (tertiary alicyclic amines) is 1. The van der Waals surface area contributed by atoms with Crippen LogP contribution in [0.25, 0.3) is 0 Å². The number of aromatic nitrogens is 3. The smallest absolute Gasteiger partial charge is 0.290 e. The van der Waals surface area contributed by atoms with Crippen molar-refractivity contribution >= 4 is 17.5 Å². The standard InChI is InChI=1S/C20H21ClN4O2/c1-24-10-8-22-18(24)20(26)25-9-3-2-7-17(25)19-23-13-16(27-19)12-14-5-4-6-15(21)11-14/h4-6,8,10-11,13,17H,2-3,7,9,12H2,1H3/t17-/m0/s1. The van der Waals surface area contributed by atoms with Gasteiger partial charge in [0.25, 0.3) is 5.91 Å². The number of oxazole rings is 1. The molecule has 7 heteroatoms. The van der Waals surface area contributed by atoms with E-state index < -0.39 is 0 Å². The summed E-state index contributed by atoms with van der Waals surface area (Å²) in [5.41, 5.74) is 1.06. The Bertz CT molecular complexity index is 949. The Morgan fingerprint density at radius 3 is 3.00 bits per heavy atom. The zero-order valence-electron chi connectivity index (χ0n) is 15.1. The average Bonchev–Trinajstić information content (AvgIpc) is 3.30. The van der Waals surface area contributed by atoms with Crippen LogP contribution in [0.1, 0.15) is 53.1 Å². The lowest BCUT2D eigenvalue weighted by atomic mass is 10.0. The number of rotatable bonds is 4. The van der Waals surface area contributed by atoms with Gasteiger partial charge in [-0.05, 0) is 37.0 Å². The van der Waals surface area contributed by atoms with Gasteiger partial charge < -0.3 is 13.9 Å². The van der Waals surface area contributed by atoms with Gasteiger partial charge in [-0.25, -0.2) is 9.97 Å². The molecule has 1 aliphatic rings. The van der Waals surface area contributed by atoms with Gasteiger partial charge in [0.2, 0.25) is 5.89 Å². The van der Waals surface area contributed by atoms with Crippen LogP contribution >= 0.6 is 11.6 Å². The molecular weight excluding hydrogens is 364 g/mol.